The van der Waals surface area contributed by atoms with E-state index in [9.17, 15) is 5.11 Å². The number of nitrogens with zero attached hydrogens (tertiary/aromatic N) is 2. The van der Waals surface area contributed by atoms with Crippen LogP contribution in [0.4, 0.5) is 0 Å². The number of hydrogen-bond donors (Lipinski definition) is 4. The van der Waals surface area contributed by atoms with E-state index in [0.717, 1.165) is 61.8 Å². The van der Waals surface area contributed by atoms with E-state index in [1.54, 1.807) is 7.05 Å². The molecule has 144 valence electrons. The molecule has 1 aliphatic heterocycles. The third-order valence-electron chi connectivity index (χ3n) is 4.77. The Balaban J connectivity index is 0.00000243. The Morgan fingerprint density at radius 1 is 1.38 bits per heavy atom. The molecule has 0 radical (unpaired) electrons. The second-order valence-electron chi connectivity index (χ2n) is 6.58. The zero-order chi connectivity index (χ0) is 17.5. The van der Waals surface area contributed by atoms with Crippen molar-refractivity contribution in [3.8, 4) is 0 Å². The van der Waals surface area contributed by atoms with Crippen molar-refractivity contribution >= 4 is 41.0 Å². The quantitative estimate of drug-likeness (QED) is 0.279. The maximum Gasteiger partial charge on any atom is 0.191 e. The monoisotopic (exact) mass is 473 g/mol. The molecule has 8 heteroatoms. The molecule has 2 heterocycles. The molecule has 4 N–H and O–H groups in total. The number of hydrogen-bond acceptors (Lipinski definition) is 4. The number of ether oxygens (including phenoxy) is 1. The first-order valence-corrected chi connectivity index (χ1v) is 8.81. The lowest BCUT2D eigenvalue weighted by molar-refractivity contribution is 0.127. The van der Waals surface area contributed by atoms with E-state index < -0.39 is 0 Å². The lowest BCUT2D eigenvalue weighted by Crippen LogP contribution is -2.45. The lowest BCUT2D eigenvalue weighted by atomic mass is 9.84. The second kappa shape index (κ2) is 10.1. The molecule has 1 aromatic carbocycles. The summed E-state index contributed by atoms with van der Waals surface area (Å²) < 4.78 is 5.52. The third-order valence-corrected chi connectivity index (χ3v) is 4.77. The SMILES string of the molecule is CN=C(NCCc1nc2ccccc2[nH]1)NCC1(CCO)CCOC1.I. The number of guanidine groups is 1. The molecule has 0 aliphatic carbocycles. The van der Waals surface area contributed by atoms with Gasteiger partial charge in [-0.05, 0) is 25.0 Å². The zero-order valence-electron chi connectivity index (χ0n) is 15.1. The maximum atomic E-state index is 9.30. The van der Waals surface area contributed by atoms with Crippen molar-refractivity contribution in [3.63, 3.8) is 0 Å². The van der Waals surface area contributed by atoms with Crippen molar-refractivity contribution < 1.29 is 9.84 Å². The highest BCUT2D eigenvalue weighted by molar-refractivity contribution is 14.0. The average molecular weight is 473 g/mol. The van der Waals surface area contributed by atoms with Crippen LogP contribution in [-0.2, 0) is 11.2 Å². The van der Waals surface area contributed by atoms with Gasteiger partial charge in [0.05, 0.1) is 17.6 Å². The fourth-order valence-electron chi connectivity index (χ4n) is 3.23. The number of aliphatic imine (C=N–C) groups is 1. The van der Waals surface area contributed by atoms with Gasteiger partial charge in [0.15, 0.2) is 5.96 Å². The summed E-state index contributed by atoms with van der Waals surface area (Å²) >= 11 is 0. The van der Waals surface area contributed by atoms with Crippen LogP contribution in [0.2, 0.25) is 0 Å². The molecule has 1 saturated heterocycles. The Labute approximate surface area is 171 Å². The van der Waals surface area contributed by atoms with Crippen LogP contribution in [0.15, 0.2) is 29.3 Å². The molecule has 3 rings (SSSR count). The first-order valence-electron chi connectivity index (χ1n) is 8.81. The molecule has 1 aromatic heterocycles. The van der Waals surface area contributed by atoms with E-state index in [-0.39, 0.29) is 36.0 Å². The van der Waals surface area contributed by atoms with E-state index in [0.29, 0.717) is 6.61 Å². The number of aromatic amines is 1. The summed E-state index contributed by atoms with van der Waals surface area (Å²) in [5.74, 6) is 1.73. The Morgan fingerprint density at radius 2 is 2.23 bits per heavy atom. The van der Waals surface area contributed by atoms with Crippen LogP contribution in [0.5, 0.6) is 0 Å². The van der Waals surface area contributed by atoms with Gasteiger partial charge in [-0.2, -0.15) is 0 Å². The minimum absolute atomic E-state index is 0. The van der Waals surface area contributed by atoms with Gasteiger partial charge >= 0.3 is 0 Å². The van der Waals surface area contributed by atoms with Crippen LogP contribution in [0.25, 0.3) is 11.0 Å². The largest absolute Gasteiger partial charge is 0.396 e. The summed E-state index contributed by atoms with van der Waals surface area (Å²) in [6.45, 7) is 3.13. The summed E-state index contributed by atoms with van der Waals surface area (Å²) in [7, 11) is 1.76. The highest BCUT2D eigenvalue weighted by Crippen LogP contribution is 2.31. The third kappa shape index (κ3) is 5.31. The van der Waals surface area contributed by atoms with E-state index in [2.05, 4.69) is 25.6 Å². The predicted molar refractivity (Wildman–Crippen MR) is 114 cm³/mol. The summed E-state index contributed by atoms with van der Waals surface area (Å²) in [6, 6.07) is 8.03. The molecule has 1 atom stereocenters. The molecule has 0 amide bonds. The van der Waals surface area contributed by atoms with Crippen LogP contribution >= 0.6 is 24.0 Å². The number of aliphatic hydroxyl groups excluding tert-OH is 1. The molecule has 26 heavy (non-hydrogen) atoms. The van der Waals surface area contributed by atoms with Crippen molar-refractivity contribution in [2.45, 2.75) is 19.3 Å². The Hall–Kier alpha value is -1.39. The Kier molecular flexibility index (Phi) is 8.11. The maximum absolute atomic E-state index is 9.30. The van der Waals surface area contributed by atoms with Crippen LogP contribution in [0.1, 0.15) is 18.7 Å². The topological polar surface area (TPSA) is 94.6 Å². The van der Waals surface area contributed by atoms with Crippen molar-refractivity contribution in [1.29, 1.82) is 0 Å². The Bertz CT molecular complexity index is 679. The molecule has 0 saturated carbocycles. The van der Waals surface area contributed by atoms with Gasteiger partial charge in [-0.3, -0.25) is 4.99 Å². The summed E-state index contributed by atoms with van der Waals surface area (Å²) in [4.78, 5) is 12.2. The number of nitrogens with one attached hydrogen (secondary N) is 3. The van der Waals surface area contributed by atoms with Gasteiger partial charge in [0.2, 0.25) is 0 Å². The van der Waals surface area contributed by atoms with E-state index in [1.165, 1.54) is 0 Å². The molecular weight excluding hydrogens is 445 g/mol. The average Bonchev–Trinajstić information content (AvgIpc) is 3.25. The molecule has 1 aliphatic rings. The van der Waals surface area contributed by atoms with Gasteiger partial charge in [-0.15, -0.1) is 24.0 Å². The normalized spacial score (nSPS) is 20.2. The summed E-state index contributed by atoms with van der Waals surface area (Å²) in [5.41, 5.74) is 2.06. The van der Waals surface area contributed by atoms with Crippen molar-refractivity contribution in [1.82, 2.24) is 20.6 Å². The van der Waals surface area contributed by atoms with E-state index in [4.69, 9.17) is 4.74 Å². The van der Waals surface area contributed by atoms with E-state index >= 15 is 0 Å². The second-order valence-corrected chi connectivity index (χ2v) is 6.58. The highest BCUT2D eigenvalue weighted by Gasteiger charge is 2.34. The summed E-state index contributed by atoms with van der Waals surface area (Å²) in [5, 5.41) is 16.0. The van der Waals surface area contributed by atoms with Crippen LogP contribution in [0, 0.1) is 5.41 Å². The number of fused-ring (bicyclic) bond motifs is 1. The number of imidazole rings is 1. The van der Waals surface area contributed by atoms with Gasteiger partial charge in [0, 0.05) is 45.2 Å². The molecule has 1 unspecified atom stereocenters. The molecular formula is C18H28IN5O2. The molecule has 2 aromatic rings. The van der Waals surface area contributed by atoms with Crippen molar-refractivity contribution in [3.05, 3.63) is 30.1 Å². The smallest absolute Gasteiger partial charge is 0.191 e. The number of rotatable bonds is 7. The minimum Gasteiger partial charge on any atom is -0.396 e. The molecule has 0 bridgehead atoms. The number of aliphatic hydroxyl groups is 1. The first kappa shape index (κ1) is 20.9. The van der Waals surface area contributed by atoms with Crippen molar-refractivity contribution in [2.75, 3.05) is 40.0 Å². The fraction of sp³-hybridized carbons (Fsp3) is 0.556. The van der Waals surface area contributed by atoms with Gasteiger partial charge in [-0.25, -0.2) is 4.98 Å². The number of halogens is 1. The standard InChI is InChI=1S/C18H27N5O2.HI/c1-19-17(21-12-18(7-10-24)8-11-25-13-18)20-9-6-16-22-14-4-2-3-5-15(14)23-16;/h2-5,24H,6-13H2,1H3,(H,22,23)(H2,19,20,21);1H. The molecule has 7 nitrogen and oxygen atoms in total. The molecule has 0 spiro atoms. The molecule has 1 fully saturated rings. The van der Waals surface area contributed by atoms with Crippen molar-refractivity contribution in [2.24, 2.45) is 10.4 Å². The Morgan fingerprint density at radius 3 is 2.92 bits per heavy atom. The fourth-order valence-corrected chi connectivity index (χ4v) is 3.23. The van der Waals surface area contributed by atoms with Gasteiger partial charge in [-0.1, -0.05) is 12.1 Å². The number of aromatic nitrogens is 2. The predicted octanol–water partition coefficient (Wildman–Crippen LogP) is 1.68. The van der Waals surface area contributed by atoms with E-state index in [1.807, 2.05) is 24.3 Å². The van der Waals surface area contributed by atoms with Gasteiger partial charge in [0.25, 0.3) is 0 Å². The summed E-state index contributed by atoms with van der Waals surface area (Å²) in [6.07, 6.45) is 2.51. The minimum atomic E-state index is 0. The lowest BCUT2D eigenvalue weighted by Gasteiger charge is -2.27. The van der Waals surface area contributed by atoms with Crippen LogP contribution in [-0.4, -0.2) is 61.0 Å². The van der Waals surface area contributed by atoms with Gasteiger partial charge < -0.3 is 25.5 Å². The first-order chi connectivity index (χ1) is 12.2. The highest BCUT2D eigenvalue weighted by atomic mass is 127. The number of benzene rings is 1. The number of para-hydroxylation sites is 2. The zero-order valence-corrected chi connectivity index (χ0v) is 17.5. The number of H-pyrrole nitrogens is 1. The van der Waals surface area contributed by atoms with Crippen LogP contribution in [0.3, 0.4) is 0 Å². The van der Waals surface area contributed by atoms with Crippen LogP contribution < -0.4 is 10.6 Å². The van der Waals surface area contributed by atoms with Gasteiger partial charge in [0.1, 0.15) is 5.82 Å².